The van der Waals surface area contributed by atoms with Gasteiger partial charge >= 0.3 is 0 Å². The molecule has 6 heteroatoms. The summed E-state index contributed by atoms with van der Waals surface area (Å²) >= 11 is 0. The maximum atomic E-state index is 13.3. The van der Waals surface area contributed by atoms with Crippen LogP contribution in [-0.2, 0) is 0 Å². The van der Waals surface area contributed by atoms with Crippen LogP contribution in [-0.4, -0.2) is 4.92 Å². The molecule has 2 aromatic carbocycles. The van der Waals surface area contributed by atoms with E-state index in [-0.39, 0.29) is 17.0 Å². The van der Waals surface area contributed by atoms with E-state index in [0.29, 0.717) is 16.9 Å². The third kappa shape index (κ3) is 3.15. The molecule has 0 amide bonds. The van der Waals surface area contributed by atoms with E-state index in [4.69, 9.17) is 10.00 Å². The van der Waals surface area contributed by atoms with Gasteiger partial charge in [0.25, 0.3) is 5.69 Å². The first-order chi connectivity index (χ1) is 9.90. The van der Waals surface area contributed by atoms with Crippen molar-refractivity contribution < 1.29 is 14.1 Å². The fourth-order valence-electron chi connectivity index (χ4n) is 1.89. The molecule has 2 rings (SSSR count). The van der Waals surface area contributed by atoms with Crippen LogP contribution in [0.1, 0.15) is 16.7 Å². The molecule has 0 aliphatic rings. The van der Waals surface area contributed by atoms with E-state index >= 15 is 0 Å². The van der Waals surface area contributed by atoms with Crippen molar-refractivity contribution in [3.63, 3.8) is 0 Å². The molecule has 0 aliphatic carbocycles. The minimum Gasteiger partial charge on any atom is -0.457 e. The molecule has 2 aromatic rings. The average molecular weight is 286 g/mol. The molecule has 0 aromatic heterocycles. The minimum atomic E-state index is -0.583. The zero-order valence-corrected chi connectivity index (χ0v) is 11.4. The van der Waals surface area contributed by atoms with Gasteiger partial charge in [-0.05, 0) is 37.6 Å². The van der Waals surface area contributed by atoms with Gasteiger partial charge in [-0.3, -0.25) is 10.1 Å². The predicted molar refractivity (Wildman–Crippen MR) is 73.8 cm³/mol. The Balaban J connectivity index is 2.41. The highest BCUT2D eigenvalue weighted by Gasteiger charge is 2.15. The van der Waals surface area contributed by atoms with E-state index in [1.54, 1.807) is 13.8 Å². The Morgan fingerprint density at radius 1 is 1.19 bits per heavy atom. The Bertz CT molecular complexity index is 766. The van der Waals surface area contributed by atoms with Gasteiger partial charge in [-0.1, -0.05) is 0 Å². The predicted octanol–water partition coefficient (Wildman–Crippen LogP) is 4.01. The van der Waals surface area contributed by atoms with Crippen molar-refractivity contribution in [1.82, 2.24) is 0 Å². The summed E-state index contributed by atoms with van der Waals surface area (Å²) in [5.41, 5.74) is 1.13. The largest absolute Gasteiger partial charge is 0.457 e. The van der Waals surface area contributed by atoms with Crippen LogP contribution in [0.5, 0.6) is 11.5 Å². The fourth-order valence-corrected chi connectivity index (χ4v) is 1.89. The van der Waals surface area contributed by atoms with Gasteiger partial charge in [0.15, 0.2) is 0 Å². The number of nitriles is 1. The quantitative estimate of drug-likeness (QED) is 0.630. The lowest BCUT2D eigenvalue weighted by Gasteiger charge is -2.10. The molecule has 0 bridgehead atoms. The summed E-state index contributed by atoms with van der Waals surface area (Å²) in [5, 5.41) is 19.7. The molecule has 21 heavy (non-hydrogen) atoms. The van der Waals surface area contributed by atoms with E-state index in [1.165, 1.54) is 18.2 Å². The Hall–Kier alpha value is -2.94. The monoisotopic (exact) mass is 286 g/mol. The number of hydrogen-bond donors (Lipinski definition) is 0. The Morgan fingerprint density at radius 2 is 1.90 bits per heavy atom. The fraction of sp³-hybridized carbons (Fsp3) is 0.133. The van der Waals surface area contributed by atoms with Crippen molar-refractivity contribution in [2.24, 2.45) is 0 Å². The molecule has 5 nitrogen and oxygen atoms in total. The van der Waals surface area contributed by atoms with Crippen molar-refractivity contribution >= 4 is 5.69 Å². The summed E-state index contributed by atoms with van der Waals surface area (Å²) < 4.78 is 18.9. The number of nitro groups is 1. The third-order valence-corrected chi connectivity index (χ3v) is 2.92. The van der Waals surface area contributed by atoms with Crippen LogP contribution in [0.3, 0.4) is 0 Å². The summed E-state index contributed by atoms with van der Waals surface area (Å²) in [7, 11) is 0. The molecule has 0 unspecified atom stereocenters. The van der Waals surface area contributed by atoms with Gasteiger partial charge in [-0.2, -0.15) is 5.26 Å². The van der Waals surface area contributed by atoms with Gasteiger partial charge in [0.05, 0.1) is 16.6 Å². The van der Waals surface area contributed by atoms with Gasteiger partial charge in [0.1, 0.15) is 17.3 Å². The number of ether oxygens (including phenoxy) is 1. The lowest BCUT2D eigenvalue weighted by atomic mass is 10.1. The molecule has 0 spiro atoms. The number of aryl methyl sites for hydroxylation is 2. The number of halogens is 1. The summed E-state index contributed by atoms with van der Waals surface area (Å²) in [5.74, 6) is -0.0316. The third-order valence-electron chi connectivity index (χ3n) is 2.92. The van der Waals surface area contributed by atoms with Gasteiger partial charge in [0.2, 0.25) is 0 Å². The second kappa shape index (κ2) is 5.59. The zero-order chi connectivity index (χ0) is 15.6. The van der Waals surface area contributed by atoms with E-state index in [1.807, 2.05) is 6.07 Å². The van der Waals surface area contributed by atoms with Gasteiger partial charge in [-0.25, -0.2) is 4.39 Å². The molecular weight excluding hydrogens is 275 g/mol. The topological polar surface area (TPSA) is 76.2 Å². The maximum Gasteiger partial charge on any atom is 0.272 e. The van der Waals surface area contributed by atoms with Crippen LogP contribution < -0.4 is 4.74 Å². The highest BCUT2D eigenvalue weighted by molar-refractivity contribution is 5.51. The first kappa shape index (κ1) is 14.5. The molecule has 0 heterocycles. The average Bonchev–Trinajstić information content (AvgIpc) is 2.41. The van der Waals surface area contributed by atoms with Crippen LogP contribution in [0.25, 0.3) is 0 Å². The number of nitrogens with zero attached hydrogens (tertiary/aromatic N) is 2. The molecule has 0 N–H and O–H groups in total. The molecule has 0 atom stereocenters. The van der Waals surface area contributed by atoms with Gasteiger partial charge < -0.3 is 4.74 Å². The van der Waals surface area contributed by atoms with Crippen molar-refractivity contribution in [2.45, 2.75) is 13.8 Å². The SMILES string of the molecule is Cc1cc([N+](=O)[O-])c(C)cc1Oc1cc(F)cc(C#N)c1. The van der Waals surface area contributed by atoms with E-state index in [2.05, 4.69) is 0 Å². The second-order valence-electron chi connectivity index (χ2n) is 4.55. The van der Waals surface area contributed by atoms with E-state index in [9.17, 15) is 14.5 Å². The van der Waals surface area contributed by atoms with Crippen LogP contribution in [0.2, 0.25) is 0 Å². The number of rotatable bonds is 3. The summed E-state index contributed by atoms with van der Waals surface area (Å²) in [6.45, 7) is 3.25. The molecule has 0 saturated carbocycles. The van der Waals surface area contributed by atoms with Crippen molar-refractivity contribution in [1.29, 1.82) is 5.26 Å². The number of benzene rings is 2. The van der Waals surface area contributed by atoms with Crippen molar-refractivity contribution in [3.8, 4) is 17.6 Å². The summed E-state index contributed by atoms with van der Waals surface area (Å²) in [6, 6.07) is 8.40. The summed E-state index contributed by atoms with van der Waals surface area (Å²) in [4.78, 5) is 10.4. The maximum absolute atomic E-state index is 13.3. The number of hydrogen-bond acceptors (Lipinski definition) is 4. The Kier molecular flexibility index (Phi) is 3.85. The molecule has 0 radical (unpaired) electrons. The van der Waals surface area contributed by atoms with Crippen LogP contribution in [0.15, 0.2) is 30.3 Å². The first-order valence-electron chi connectivity index (χ1n) is 6.05. The van der Waals surface area contributed by atoms with Crippen molar-refractivity contribution in [2.75, 3.05) is 0 Å². The zero-order valence-electron chi connectivity index (χ0n) is 11.4. The molecular formula is C15H11FN2O3. The molecule has 106 valence electrons. The minimum absolute atomic E-state index is 0.00296. The van der Waals surface area contributed by atoms with Crippen LogP contribution in [0, 0.1) is 41.1 Å². The number of nitro benzene ring substituents is 1. The summed E-state index contributed by atoms with van der Waals surface area (Å²) in [6.07, 6.45) is 0. The Morgan fingerprint density at radius 3 is 2.52 bits per heavy atom. The van der Waals surface area contributed by atoms with Crippen LogP contribution >= 0.6 is 0 Å². The normalized spacial score (nSPS) is 10.0. The molecule has 0 fully saturated rings. The molecule has 0 aliphatic heterocycles. The first-order valence-corrected chi connectivity index (χ1v) is 6.05. The van der Waals surface area contributed by atoms with E-state index < -0.39 is 10.7 Å². The van der Waals surface area contributed by atoms with E-state index in [0.717, 1.165) is 12.1 Å². The highest BCUT2D eigenvalue weighted by atomic mass is 19.1. The van der Waals surface area contributed by atoms with Crippen molar-refractivity contribution in [3.05, 3.63) is 63.0 Å². The smallest absolute Gasteiger partial charge is 0.272 e. The Labute approximate surface area is 120 Å². The standard InChI is InChI=1S/C15H11FN2O3/c1-9-4-15(10(2)3-14(9)18(19)20)21-13-6-11(8-17)5-12(16)7-13/h3-7H,1-2H3. The van der Waals surface area contributed by atoms with Crippen LogP contribution in [0.4, 0.5) is 10.1 Å². The highest BCUT2D eigenvalue weighted by Crippen LogP contribution is 2.31. The lowest BCUT2D eigenvalue weighted by molar-refractivity contribution is -0.385. The van der Waals surface area contributed by atoms with Gasteiger partial charge in [-0.15, -0.1) is 0 Å². The second-order valence-corrected chi connectivity index (χ2v) is 4.55. The lowest BCUT2D eigenvalue weighted by Crippen LogP contribution is -1.95. The molecule has 0 saturated heterocycles. The van der Waals surface area contributed by atoms with Gasteiger partial charge in [0, 0.05) is 17.7 Å².